The molecule has 0 N–H and O–H groups in total. The van der Waals surface area contributed by atoms with Gasteiger partial charge in [0.05, 0.1) is 6.10 Å². The van der Waals surface area contributed by atoms with Gasteiger partial charge in [-0.1, -0.05) is 52.7 Å². The van der Waals surface area contributed by atoms with Gasteiger partial charge in [0.1, 0.15) is 0 Å². The molecule has 1 heterocycles. The van der Waals surface area contributed by atoms with Crippen LogP contribution in [0.1, 0.15) is 85.1 Å². The lowest BCUT2D eigenvalue weighted by Crippen LogP contribution is -2.28. The Morgan fingerprint density at radius 3 is 2.46 bits per heavy atom. The molecule has 1 unspecified atom stereocenters. The minimum Gasteiger partial charge on any atom is -0.374 e. The van der Waals surface area contributed by atoms with Crippen LogP contribution in [-0.2, 0) is 4.74 Å². The molecule has 0 amide bonds. The van der Waals surface area contributed by atoms with Crippen LogP contribution in [-0.4, -0.2) is 37.2 Å². The Hall–Kier alpha value is -0.900. The smallest absolute Gasteiger partial charge is 0.0760 e. The Morgan fingerprint density at radius 2 is 1.86 bits per heavy atom. The van der Waals surface area contributed by atoms with Gasteiger partial charge in [0.2, 0.25) is 0 Å². The lowest BCUT2D eigenvalue weighted by Gasteiger charge is -2.24. The van der Waals surface area contributed by atoms with Crippen molar-refractivity contribution in [1.82, 2.24) is 4.90 Å². The first-order valence-electron chi connectivity index (χ1n) is 11.4. The molecule has 1 aromatic rings. The van der Waals surface area contributed by atoms with E-state index >= 15 is 0 Å². The highest BCUT2D eigenvalue weighted by Gasteiger charge is 2.13. The zero-order valence-corrected chi connectivity index (χ0v) is 19.8. The summed E-state index contributed by atoms with van der Waals surface area (Å²) in [4.78, 5) is 2.63. The van der Waals surface area contributed by atoms with Crippen LogP contribution in [0.5, 0.6) is 0 Å². The highest BCUT2D eigenvalue weighted by Crippen LogP contribution is 2.24. The van der Waals surface area contributed by atoms with Crippen LogP contribution in [0, 0.1) is 0 Å². The molecule has 0 saturated carbocycles. The van der Waals surface area contributed by atoms with Gasteiger partial charge in [0, 0.05) is 13.2 Å². The van der Waals surface area contributed by atoms with Crippen molar-refractivity contribution in [2.45, 2.75) is 85.7 Å². The van der Waals surface area contributed by atoms with Gasteiger partial charge in [-0.05, 0) is 85.7 Å². The Bertz CT molecular complexity index is 547. The summed E-state index contributed by atoms with van der Waals surface area (Å²) in [6.07, 6.45) is 13.2. The van der Waals surface area contributed by atoms with Crippen molar-refractivity contribution in [2.24, 2.45) is 0 Å². The zero-order valence-electron chi connectivity index (χ0n) is 19.0. The molecule has 28 heavy (non-hydrogen) atoms. The van der Waals surface area contributed by atoms with E-state index in [4.69, 9.17) is 4.74 Å². The van der Waals surface area contributed by atoms with Gasteiger partial charge in [-0.15, -0.1) is 0 Å². The highest BCUT2D eigenvalue weighted by atomic mass is 32.1. The molecule has 2 nitrogen and oxygen atoms in total. The van der Waals surface area contributed by atoms with Crippen molar-refractivity contribution in [3.8, 4) is 0 Å². The first kappa shape index (κ1) is 25.1. The van der Waals surface area contributed by atoms with Gasteiger partial charge in [-0.3, -0.25) is 0 Å². The van der Waals surface area contributed by atoms with Gasteiger partial charge >= 0.3 is 0 Å². The van der Waals surface area contributed by atoms with Crippen LogP contribution >= 0.6 is 11.3 Å². The number of ether oxygens (including phenoxy) is 1. The van der Waals surface area contributed by atoms with Crippen molar-refractivity contribution < 1.29 is 4.74 Å². The Balaban J connectivity index is 2.94. The summed E-state index contributed by atoms with van der Waals surface area (Å²) in [7, 11) is 0. The van der Waals surface area contributed by atoms with Crippen molar-refractivity contribution in [3.05, 3.63) is 40.1 Å². The maximum absolute atomic E-state index is 6.20. The molecule has 160 valence electrons. The number of rotatable bonds is 16. The predicted molar refractivity (Wildman–Crippen MR) is 127 cm³/mol. The van der Waals surface area contributed by atoms with Gasteiger partial charge in [0.25, 0.3) is 0 Å². The van der Waals surface area contributed by atoms with E-state index in [-0.39, 0.29) is 6.10 Å². The maximum atomic E-state index is 6.20. The first-order valence-corrected chi connectivity index (χ1v) is 12.4. The van der Waals surface area contributed by atoms with Gasteiger partial charge < -0.3 is 9.64 Å². The maximum Gasteiger partial charge on any atom is 0.0760 e. The average Bonchev–Trinajstić information content (AvgIpc) is 3.23. The molecular weight excluding hydrogens is 362 g/mol. The van der Waals surface area contributed by atoms with E-state index < -0.39 is 0 Å². The largest absolute Gasteiger partial charge is 0.374 e. The normalized spacial score (nSPS) is 14.1. The summed E-state index contributed by atoms with van der Waals surface area (Å²) in [5.41, 5.74) is 4.11. The third-order valence-electron chi connectivity index (χ3n) is 5.09. The zero-order chi connectivity index (χ0) is 20.6. The van der Waals surface area contributed by atoms with Crippen molar-refractivity contribution >= 4 is 16.9 Å². The molecule has 1 aromatic heterocycles. The molecule has 0 spiro atoms. The van der Waals surface area contributed by atoms with E-state index in [1.807, 2.05) is 0 Å². The fraction of sp³-hybridized carbons (Fsp3) is 0.680. The lowest BCUT2D eigenvalue weighted by atomic mass is 9.99. The summed E-state index contributed by atoms with van der Waals surface area (Å²) in [6.45, 7) is 15.6. The highest BCUT2D eigenvalue weighted by molar-refractivity contribution is 7.08. The Morgan fingerprint density at radius 1 is 1.07 bits per heavy atom. The van der Waals surface area contributed by atoms with E-state index in [2.05, 4.69) is 68.5 Å². The monoisotopic (exact) mass is 405 g/mol. The second-order valence-corrected chi connectivity index (χ2v) is 8.39. The minimum absolute atomic E-state index is 0.181. The number of hydrogen-bond donors (Lipinski definition) is 0. The molecule has 0 bridgehead atoms. The second kappa shape index (κ2) is 16.0. The molecule has 0 fully saturated rings. The summed E-state index contributed by atoms with van der Waals surface area (Å²) in [5.74, 6) is 0. The third-order valence-corrected chi connectivity index (χ3v) is 5.78. The van der Waals surface area contributed by atoms with E-state index in [9.17, 15) is 0 Å². The minimum atomic E-state index is 0.181. The first-order chi connectivity index (χ1) is 13.7. The molecule has 0 aliphatic heterocycles. The fourth-order valence-corrected chi connectivity index (χ4v) is 4.00. The van der Waals surface area contributed by atoms with Gasteiger partial charge in [0.15, 0.2) is 0 Å². The molecule has 1 rings (SSSR count). The lowest BCUT2D eigenvalue weighted by molar-refractivity contribution is 0.0840. The standard InChI is InChI=1S/C25H43NOS/c1-6-10-16-26(15-9-4)17-13-23(22(5)27-18-11-7-2)20-24(12-8-3)25-14-19-28-21-25/h12,14,19-22H,6-11,13,15-18H2,1-5H3/b23-20-,24-12+. The number of hydrogen-bond acceptors (Lipinski definition) is 3. The van der Waals surface area contributed by atoms with E-state index in [0.29, 0.717) is 0 Å². The Labute approximate surface area is 178 Å². The SMILES string of the molecule is CC/C=C(\C=C(\CCN(CCC)CCCC)C(C)OCCCC)c1ccsc1. The van der Waals surface area contributed by atoms with Crippen molar-refractivity contribution in [2.75, 3.05) is 26.2 Å². The molecule has 1 atom stereocenters. The van der Waals surface area contributed by atoms with Gasteiger partial charge in [-0.2, -0.15) is 11.3 Å². The van der Waals surface area contributed by atoms with Crippen LogP contribution in [0.4, 0.5) is 0 Å². The summed E-state index contributed by atoms with van der Waals surface area (Å²) >= 11 is 1.77. The summed E-state index contributed by atoms with van der Waals surface area (Å²) in [6, 6.07) is 2.23. The summed E-state index contributed by atoms with van der Waals surface area (Å²) in [5, 5.41) is 4.42. The molecule has 0 aromatic carbocycles. The number of unbranched alkanes of at least 4 members (excludes halogenated alkanes) is 2. The van der Waals surface area contributed by atoms with Crippen LogP contribution in [0.3, 0.4) is 0 Å². The van der Waals surface area contributed by atoms with Crippen LogP contribution in [0.15, 0.2) is 34.6 Å². The number of nitrogens with zero attached hydrogens (tertiary/aromatic N) is 1. The van der Waals surface area contributed by atoms with E-state index in [1.54, 1.807) is 11.3 Å². The fourth-order valence-electron chi connectivity index (χ4n) is 3.33. The van der Waals surface area contributed by atoms with Crippen LogP contribution in [0.2, 0.25) is 0 Å². The molecule has 0 aliphatic rings. The van der Waals surface area contributed by atoms with Gasteiger partial charge in [-0.25, -0.2) is 0 Å². The molecule has 0 saturated heterocycles. The van der Waals surface area contributed by atoms with E-state index in [1.165, 1.54) is 55.5 Å². The van der Waals surface area contributed by atoms with Crippen molar-refractivity contribution in [3.63, 3.8) is 0 Å². The van der Waals surface area contributed by atoms with Crippen LogP contribution < -0.4 is 0 Å². The predicted octanol–water partition coefficient (Wildman–Crippen LogP) is 7.58. The second-order valence-electron chi connectivity index (χ2n) is 7.61. The number of thiophene rings is 1. The molecular formula is C25H43NOS. The Kier molecular flexibility index (Phi) is 14.3. The van der Waals surface area contributed by atoms with Crippen LogP contribution in [0.25, 0.3) is 5.57 Å². The number of allylic oxidation sites excluding steroid dienone is 3. The topological polar surface area (TPSA) is 12.5 Å². The molecule has 0 aliphatic carbocycles. The third kappa shape index (κ3) is 10.0. The quantitative estimate of drug-likeness (QED) is 0.208. The molecule has 3 heteroatoms. The summed E-state index contributed by atoms with van der Waals surface area (Å²) < 4.78 is 6.20. The van der Waals surface area contributed by atoms with E-state index in [0.717, 1.165) is 32.4 Å². The van der Waals surface area contributed by atoms with Crippen molar-refractivity contribution in [1.29, 1.82) is 0 Å². The molecule has 0 radical (unpaired) electrons. The average molecular weight is 406 g/mol.